The summed E-state index contributed by atoms with van der Waals surface area (Å²) in [5, 5.41) is 0. The van der Waals surface area contributed by atoms with E-state index >= 15 is 0 Å². The zero-order chi connectivity index (χ0) is 18.9. The van der Waals surface area contributed by atoms with E-state index in [0.29, 0.717) is 88.4 Å². The molecule has 1 heterocycles. The highest BCUT2D eigenvalue weighted by Gasteiger charge is 3.13. The molecule has 6 saturated carbocycles. The Morgan fingerprint density at radius 3 is 1.00 bits per heavy atom. The number of esters is 2. The van der Waals surface area contributed by atoms with Crippen molar-refractivity contribution in [2.45, 2.75) is 0 Å². The second kappa shape index (κ2) is 6.14. The molecule has 0 amide bonds. The highest BCUT2D eigenvalue weighted by molar-refractivity contribution is 5.96. The summed E-state index contributed by atoms with van der Waals surface area (Å²) in [6.45, 7) is 4.23. The van der Waals surface area contributed by atoms with Crippen LogP contribution >= 0.6 is 0 Å². The fourth-order valence-corrected chi connectivity index (χ4v) is 7.74. The van der Waals surface area contributed by atoms with E-state index in [0.717, 1.165) is 0 Å². The average molecular weight is 394 g/mol. The molecule has 2 spiro atoms. The number of cyclic esters (lactones) is 2. The summed E-state index contributed by atoms with van der Waals surface area (Å²) >= 11 is 0. The highest BCUT2D eigenvalue weighted by Crippen LogP contribution is 3.10. The smallest absolute Gasteiger partial charge is 0.313 e. The van der Waals surface area contributed by atoms with Crippen molar-refractivity contribution in [1.82, 2.24) is 0 Å². The molecule has 1 saturated heterocycles. The van der Waals surface area contributed by atoms with E-state index in [1.54, 1.807) is 0 Å². The van der Waals surface area contributed by atoms with Gasteiger partial charge in [0.25, 0.3) is 0 Å². The quantitative estimate of drug-likeness (QED) is 0.526. The number of carbonyl (C=O) groups is 2. The van der Waals surface area contributed by atoms with Crippen LogP contribution in [0.5, 0.6) is 0 Å². The van der Waals surface area contributed by atoms with Crippen molar-refractivity contribution in [2.24, 2.45) is 46.3 Å². The topological polar surface area (TPSA) is 89.5 Å². The highest BCUT2D eigenvalue weighted by atomic mass is 16.6. The van der Waals surface area contributed by atoms with E-state index in [9.17, 15) is 9.59 Å². The normalized spacial score (nSPS) is 52.7. The van der Waals surface area contributed by atoms with Gasteiger partial charge in [-0.1, -0.05) is 0 Å². The predicted molar refractivity (Wildman–Crippen MR) is 91.0 cm³/mol. The lowest BCUT2D eigenvalue weighted by molar-refractivity contribution is -0.628. The molecule has 0 aromatic heterocycles. The maximum atomic E-state index is 12.7. The molecule has 6 aliphatic carbocycles. The SMILES string of the molecule is O=C1OCCOCCOCCOCCOCCOC(=O)C23C4C5C2C2C3C4C152. The molecule has 0 aromatic rings. The van der Waals surface area contributed by atoms with Gasteiger partial charge in [0.15, 0.2) is 0 Å². The molecule has 0 N–H and O–H groups in total. The van der Waals surface area contributed by atoms with E-state index in [1.807, 2.05) is 0 Å². The van der Waals surface area contributed by atoms with Crippen molar-refractivity contribution in [2.75, 3.05) is 66.1 Å². The molecule has 0 unspecified atom stereocenters. The largest absolute Gasteiger partial charge is 0.463 e. The van der Waals surface area contributed by atoms with Crippen molar-refractivity contribution in [3.05, 3.63) is 0 Å². The molecule has 0 atom stereocenters. The van der Waals surface area contributed by atoms with E-state index < -0.39 is 0 Å². The molecule has 4 bridgehead atoms. The lowest BCUT2D eigenvalue weighted by Crippen LogP contribution is -3.12. The van der Waals surface area contributed by atoms with Gasteiger partial charge in [0, 0.05) is 0 Å². The summed E-state index contributed by atoms with van der Waals surface area (Å²) in [6, 6.07) is 0. The van der Waals surface area contributed by atoms with Crippen molar-refractivity contribution >= 4 is 11.9 Å². The van der Waals surface area contributed by atoms with Crippen molar-refractivity contribution in [1.29, 1.82) is 0 Å². The lowest BCUT2D eigenvalue weighted by atomic mass is 8.92. The predicted octanol–water partition coefficient (Wildman–Crippen LogP) is -0.109. The minimum Gasteiger partial charge on any atom is -0.463 e. The molecular formula is C20H26O8. The van der Waals surface area contributed by atoms with Crippen LogP contribution in [0.1, 0.15) is 0 Å². The average Bonchev–Trinajstić information content (AvgIpc) is 2.72. The molecule has 28 heavy (non-hydrogen) atoms. The van der Waals surface area contributed by atoms with Crippen LogP contribution < -0.4 is 0 Å². The van der Waals surface area contributed by atoms with E-state index in [1.165, 1.54) is 0 Å². The third-order valence-electron chi connectivity index (χ3n) is 8.38. The van der Waals surface area contributed by atoms with Gasteiger partial charge in [-0.15, -0.1) is 0 Å². The summed E-state index contributed by atoms with van der Waals surface area (Å²) < 4.78 is 32.8. The second-order valence-corrected chi connectivity index (χ2v) is 8.74. The minimum absolute atomic E-state index is 0.0644. The van der Waals surface area contributed by atoms with Gasteiger partial charge in [-0.25, -0.2) is 0 Å². The number of ether oxygens (including phenoxy) is 6. The van der Waals surface area contributed by atoms with Crippen LogP contribution in [-0.2, 0) is 38.0 Å². The fraction of sp³-hybridized carbons (Fsp3) is 0.900. The maximum absolute atomic E-state index is 12.7. The van der Waals surface area contributed by atoms with E-state index in [4.69, 9.17) is 28.4 Å². The Hall–Kier alpha value is -1.22. The lowest BCUT2D eigenvalue weighted by Gasteiger charge is -3.08. The molecule has 7 rings (SSSR count). The van der Waals surface area contributed by atoms with Gasteiger partial charge in [-0.3, -0.25) is 9.59 Å². The molecule has 8 nitrogen and oxygen atoms in total. The van der Waals surface area contributed by atoms with Crippen LogP contribution in [0.3, 0.4) is 0 Å². The monoisotopic (exact) mass is 394 g/mol. The molecule has 0 aromatic carbocycles. The van der Waals surface area contributed by atoms with Gasteiger partial charge >= 0.3 is 11.9 Å². The molecular weight excluding hydrogens is 368 g/mol. The number of hydrogen-bond acceptors (Lipinski definition) is 8. The molecule has 8 heteroatoms. The Balaban J connectivity index is 1.06. The van der Waals surface area contributed by atoms with Crippen molar-refractivity contribution < 1.29 is 38.0 Å². The summed E-state index contributed by atoms with van der Waals surface area (Å²) in [6.07, 6.45) is 0. The summed E-state index contributed by atoms with van der Waals surface area (Å²) in [5.74, 6) is 2.00. The first-order valence-electron chi connectivity index (χ1n) is 10.4. The standard InChI is InChI=1S/C20H26O8/c21-17-19-11-14-12(19)16-13(19)15(11)20(14,16)18(22)28-10-8-26-6-4-24-2-1-23-3-5-25-7-9-27-17/h11-16H,1-10H2. The Bertz CT molecular complexity index is 578. The summed E-state index contributed by atoms with van der Waals surface area (Å²) in [4.78, 5) is 25.4. The molecule has 7 aliphatic rings. The zero-order valence-electron chi connectivity index (χ0n) is 15.8. The van der Waals surface area contributed by atoms with E-state index in [2.05, 4.69) is 0 Å². The molecule has 1 aliphatic heterocycles. The van der Waals surface area contributed by atoms with Crippen LogP contribution in [-0.4, -0.2) is 78.0 Å². The first kappa shape index (κ1) is 17.6. The van der Waals surface area contributed by atoms with Gasteiger partial charge in [0.05, 0.1) is 63.7 Å². The van der Waals surface area contributed by atoms with Crippen LogP contribution in [0.15, 0.2) is 0 Å². The minimum atomic E-state index is -0.259. The van der Waals surface area contributed by atoms with Gasteiger partial charge in [0.1, 0.15) is 13.2 Å². The summed E-state index contributed by atoms with van der Waals surface area (Å²) in [5.41, 5.74) is -0.517. The van der Waals surface area contributed by atoms with E-state index in [-0.39, 0.29) is 36.0 Å². The van der Waals surface area contributed by atoms with Gasteiger partial charge in [-0.2, -0.15) is 0 Å². The Morgan fingerprint density at radius 2 is 0.714 bits per heavy atom. The number of hydrogen-bond donors (Lipinski definition) is 0. The van der Waals surface area contributed by atoms with Crippen LogP contribution in [0.25, 0.3) is 0 Å². The number of rotatable bonds is 0. The van der Waals surface area contributed by atoms with Gasteiger partial charge in [0.2, 0.25) is 0 Å². The molecule has 0 radical (unpaired) electrons. The van der Waals surface area contributed by atoms with Crippen molar-refractivity contribution in [3.8, 4) is 0 Å². The Labute approximate surface area is 163 Å². The van der Waals surface area contributed by atoms with Crippen LogP contribution in [0.2, 0.25) is 0 Å². The second-order valence-electron chi connectivity index (χ2n) is 8.74. The first-order valence-corrected chi connectivity index (χ1v) is 10.4. The molecule has 7 fully saturated rings. The van der Waals surface area contributed by atoms with Crippen LogP contribution in [0.4, 0.5) is 0 Å². The fourth-order valence-electron chi connectivity index (χ4n) is 7.74. The van der Waals surface area contributed by atoms with Gasteiger partial charge in [-0.05, 0) is 35.5 Å². The van der Waals surface area contributed by atoms with Crippen LogP contribution in [0, 0.1) is 46.3 Å². The Morgan fingerprint density at radius 1 is 0.464 bits per heavy atom. The molecule has 154 valence electrons. The third-order valence-corrected chi connectivity index (χ3v) is 8.38. The number of carbonyl (C=O) groups excluding carboxylic acids is 2. The third kappa shape index (κ3) is 1.74. The zero-order valence-corrected chi connectivity index (χ0v) is 15.8. The van der Waals surface area contributed by atoms with Crippen molar-refractivity contribution in [3.63, 3.8) is 0 Å². The summed E-state index contributed by atoms with van der Waals surface area (Å²) in [7, 11) is 0. The first-order chi connectivity index (χ1) is 13.8. The van der Waals surface area contributed by atoms with Gasteiger partial charge < -0.3 is 28.4 Å². The Kier molecular flexibility index (Phi) is 3.86. The maximum Gasteiger partial charge on any atom is 0.313 e.